The van der Waals surface area contributed by atoms with E-state index < -0.39 is 0 Å². The number of nitrogens with zero attached hydrogens (tertiary/aromatic N) is 3. The molecular weight excluding hydrogens is 252 g/mol. The zero-order valence-electron chi connectivity index (χ0n) is 11.1. The summed E-state index contributed by atoms with van der Waals surface area (Å²) in [7, 11) is 0. The number of anilines is 1. The van der Waals surface area contributed by atoms with Gasteiger partial charge in [-0.2, -0.15) is 10.1 Å². The summed E-state index contributed by atoms with van der Waals surface area (Å²) >= 11 is 0. The highest BCUT2D eigenvalue weighted by atomic mass is 16.4. The lowest BCUT2D eigenvalue weighted by Crippen LogP contribution is -2.34. The second-order valence-electron chi connectivity index (χ2n) is 5.26. The molecule has 0 saturated carbocycles. The average molecular weight is 268 g/mol. The smallest absolute Gasteiger partial charge is 0.298 e. The van der Waals surface area contributed by atoms with Crippen molar-refractivity contribution in [3.05, 3.63) is 42.2 Å². The Kier molecular flexibility index (Phi) is 2.69. The first-order valence-corrected chi connectivity index (χ1v) is 7.00. The monoisotopic (exact) mass is 268 g/mol. The van der Waals surface area contributed by atoms with E-state index in [0.717, 1.165) is 36.6 Å². The number of aromatic amines is 1. The summed E-state index contributed by atoms with van der Waals surface area (Å²) in [5, 5.41) is 7.13. The molecule has 4 rings (SSSR count). The number of aromatic nitrogens is 3. The molecule has 3 aromatic rings. The summed E-state index contributed by atoms with van der Waals surface area (Å²) in [5.41, 5.74) is 2.98. The number of hydrogen-bond acceptors (Lipinski definition) is 4. The Balaban J connectivity index is 1.61. The number of benzene rings is 1. The fourth-order valence-corrected chi connectivity index (χ4v) is 2.89. The largest absolute Gasteiger partial charge is 0.423 e. The predicted octanol–water partition coefficient (Wildman–Crippen LogP) is 2.93. The van der Waals surface area contributed by atoms with Crippen molar-refractivity contribution in [3.63, 3.8) is 0 Å². The number of para-hydroxylation sites is 2. The molecule has 1 atom stereocenters. The quantitative estimate of drug-likeness (QED) is 0.776. The molecule has 1 aromatic carbocycles. The molecule has 1 fully saturated rings. The van der Waals surface area contributed by atoms with Crippen LogP contribution in [0.2, 0.25) is 0 Å². The van der Waals surface area contributed by atoms with Gasteiger partial charge in [-0.15, -0.1) is 0 Å². The molecule has 2 aromatic heterocycles. The first-order valence-electron chi connectivity index (χ1n) is 7.00. The summed E-state index contributed by atoms with van der Waals surface area (Å²) in [6.45, 7) is 1.92. The number of hydrogen-bond donors (Lipinski definition) is 1. The van der Waals surface area contributed by atoms with Crippen molar-refractivity contribution < 1.29 is 4.42 Å². The van der Waals surface area contributed by atoms with Gasteiger partial charge in [-0.25, -0.2) is 0 Å². The summed E-state index contributed by atoms with van der Waals surface area (Å²) in [4.78, 5) is 6.82. The maximum Gasteiger partial charge on any atom is 0.298 e. The van der Waals surface area contributed by atoms with Crippen LogP contribution >= 0.6 is 0 Å². The lowest BCUT2D eigenvalue weighted by Gasteiger charge is -2.30. The van der Waals surface area contributed by atoms with Gasteiger partial charge in [0, 0.05) is 30.9 Å². The Hall–Kier alpha value is -2.30. The minimum Gasteiger partial charge on any atom is -0.423 e. The van der Waals surface area contributed by atoms with Gasteiger partial charge in [0.05, 0.1) is 0 Å². The summed E-state index contributed by atoms with van der Waals surface area (Å²) in [6, 6.07) is 10.7. The molecule has 102 valence electrons. The van der Waals surface area contributed by atoms with E-state index in [1.165, 1.54) is 12.1 Å². The third-order valence-electron chi connectivity index (χ3n) is 3.94. The van der Waals surface area contributed by atoms with Gasteiger partial charge in [-0.05, 0) is 31.0 Å². The lowest BCUT2D eigenvalue weighted by molar-refractivity contribution is 0.463. The highest BCUT2D eigenvalue weighted by Gasteiger charge is 2.25. The van der Waals surface area contributed by atoms with Gasteiger partial charge in [-0.1, -0.05) is 12.1 Å². The number of H-pyrrole nitrogens is 1. The van der Waals surface area contributed by atoms with E-state index in [-0.39, 0.29) is 0 Å². The molecule has 3 heterocycles. The Labute approximate surface area is 116 Å². The van der Waals surface area contributed by atoms with Crippen molar-refractivity contribution in [2.24, 2.45) is 0 Å². The van der Waals surface area contributed by atoms with Crippen LogP contribution in [-0.4, -0.2) is 28.3 Å². The van der Waals surface area contributed by atoms with E-state index in [9.17, 15) is 0 Å². The van der Waals surface area contributed by atoms with Crippen LogP contribution in [0.1, 0.15) is 24.5 Å². The maximum atomic E-state index is 5.86. The Morgan fingerprint density at radius 1 is 1.25 bits per heavy atom. The van der Waals surface area contributed by atoms with Crippen LogP contribution in [0.5, 0.6) is 0 Å². The van der Waals surface area contributed by atoms with E-state index in [1.54, 1.807) is 0 Å². The Bertz CT molecular complexity index is 671. The van der Waals surface area contributed by atoms with Crippen LogP contribution in [-0.2, 0) is 0 Å². The topological polar surface area (TPSA) is 58.0 Å². The number of piperidine rings is 1. The molecule has 0 aliphatic carbocycles. The first-order chi connectivity index (χ1) is 9.90. The van der Waals surface area contributed by atoms with Crippen molar-refractivity contribution >= 4 is 17.1 Å². The molecule has 0 unspecified atom stereocenters. The van der Waals surface area contributed by atoms with Gasteiger partial charge in [0.25, 0.3) is 6.01 Å². The van der Waals surface area contributed by atoms with Gasteiger partial charge in [0.15, 0.2) is 5.58 Å². The molecule has 0 radical (unpaired) electrons. The molecule has 5 heteroatoms. The van der Waals surface area contributed by atoms with Crippen LogP contribution in [0.4, 0.5) is 6.01 Å². The Morgan fingerprint density at radius 2 is 2.20 bits per heavy atom. The van der Waals surface area contributed by atoms with Gasteiger partial charge in [0.1, 0.15) is 5.52 Å². The zero-order chi connectivity index (χ0) is 13.4. The van der Waals surface area contributed by atoms with Crippen LogP contribution in [0.25, 0.3) is 11.1 Å². The van der Waals surface area contributed by atoms with Crippen molar-refractivity contribution in [3.8, 4) is 0 Å². The molecule has 0 spiro atoms. The molecule has 1 N–H and O–H groups in total. The van der Waals surface area contributed by atoms with E-state index in [4.69, 9.17) is 4.42 Å². The van der Waals surface area contributed by atoms with Crippen LogP contribution in [0.3, 0.4) is 0 Å². The molecule has 5 nitrogen and oxygen atoms in total. The number of rotatable bonds is 2. The predicted molar refractivity (Wildman–Crippen MR) is 76.8 cm³/mol. The van der Waals surface area contributed by atoms with Crippen LogP contribution in [0.15, 0.2) is 40.9 Å². The van der Waals surface area contributed by atoms with E-state index in [1.807, 2.05) is 30.5 Å². The standard InChI is InChI=1S/C15H16N4O/c1-2-6-14-13(5-1)17-15(20-14)19-9-3-4-11(10-19)12-7-8-16-18-12/h1-2,5-8,11H,3-4,9-10H2,(H,16,18)/t11-/m0/s1. The van der Waals surface area contributed by atoms with Gasteiger partial charge in [0.2, 0.25) is 0 Å². The highest BCUT2D eigenvalue weighted by Crippen LogP contribution is 2.30. The fourth-order valence-electron chi connectivity index (χ4n) is 2.89. The normalized spacial score (nSPS) is 19.6. The SMILES string of the molecule is c1ccc2oc(N3CCC[C@H](c4ccn[nH]4)C3)nc2c1. The highest BCUT2D eigenvalue weighted by molar-refractivity contribution is 5.74. The van der Waals surface area contributed by atoms with E-state index >= 15 is 0 Å². The number of fused-ring (bicyclic) bond motifs is 1. The van der Waals surface area contributed by atoms with Crippen molar-refractivity contribution in [1.82, 2.24) is 15.2 Å². The minimum absolute atomic E-state index is 0.473. The average Bonchev–Trinajstić information content (AvgIpc) is 3.16. The molecule has 0 bridgehead atoms. The third kappa shape index (κ3) is 1.95. The summed E-state index contributed by atoms with van der Waals surface area (Å²) in [5.74, 6) is 0.473. The zero-order valence-corrected chi connectivity index (χ0v) is 11.1. The van der Waals surface area contributed by atoms with Gasteiger partial charge >= 0.3 is 0 Å². The van der Waals surface area contributed by atoms with E-state index in [2.05, 4.69) is 26.1 Å². The number of oxazole rings is 1. The molecule has 1 aliphatic rings. The van der Waals surface area contributed by atoms with Crippen molar-refractivity contribution in [2.75, 3.05) is 18.0 Å². The molecule has 1 saturated heterocycles. The minimum atomic E-state index is 0.473. The van der Waals surface area contributed by atoms with Crippen LogP contribution in [0, 0.1) is 0 Å². The van der Waals surface area contributed by atoms with E-state index in [0.29, 0.717) is 5.92 Å². The van der Waals surface area contributed by atoms with Crippen molar-refractivity contribution in [1.29, 1.82) is 0 Å². The second kappa shape index (κ2) is 4.67. The first kappa shape index (κ1) is 11.5. The second-order valence-corrected chi connectivity index (χ2v) is 5.26. The molecule has 0 amide bonds. The van der Waals surface area contributed by atoms with Gasteiger partial charge in [-0.3, -0.25) is 5.10 Å². The van der Waals surface area contributed by atoms with Gasteiger partial charge < -0.3 is 9.32 Å². The molecule has 20 heavy (non-hydrogen) atoms. The summed E-state index contributed by atoms with van der Waals surface area (Å²) in [6.07, 6.45) is 4.13. The lowest BCUT2D eigenvalue weighted by atomic mass is 9.95. The van der Waals surface area contributed by atoms with Crippen LogP contribution < -0.4 is 4.90 Å². The Morgan fingerprint density at radius 3 is 3.05 bits per heavy atom. The fraction of sp³-hybridized carbons (Fsp3) is 0.333. The third-order valence-corrected chi connectivity index (χ3v) is 3.94. The molecular formula is C15H16N4O. The maximum absolute atomic E-state index is 5.86. The van der Waals surface area contributed by atoms with Crippen molar-refractivity contribution in [2.45, 2.75) is 18.8 Å². The number of nitrogens with one attached hydrogen (secondary N) is 1. The summed E-state index contributed by atoms with van der Waals surface area (Å²) < 4.78 is 5.86. The molecule has 1 aliphatic heterocycles.